The Bertz CT molecular complexity index is 1000. The van der Waals surface area contributed by atoms with Crippen molar-refractivity contribution in [1.29, 1.82) is 0 Å². The summed E-state index contributed by atoms with van der Waals surface area (Å²) in [7, 11) is 1.42. The van der Waals surface area contributed by atoms with Gasteiger partial charge in [-0.25, -0.2) is 4.79 Å². The van der Waals surface area contributed by atoms with Crippen LogP contribution < -0.4 is 4.74 Å². The number of hydrogen-bond acceptors (Lipinski definition) is 4. The van der Waals surface area contributed by atoms with Gasteiger partial charge in [0.1, 0.15) is 11.9 Å². The summed E-state index contributed by atoms with van der Waals surface area (Å²) < 4.78 is 23.7. The van der Waals surface area contributed by atoms with Crippen LogP contribution in [0.4, 0.5) is 4.39 Å². The molecule has 0 amide bonds. The molecule has 2 aromatic rings. The molecule has 2 aromatic carbocycles. The molecule has 1 fully saturated rings. The molecule has 0 unspecified atom stereocenters. The van der Waals surface area contributed by atoms with Crippen LogP contribution in [0.25, 0.3) is 5.57 Å². The predicted molar refractivity (Wildman–Crippen MR) is 125 cm³/mol. The number of halogens is 1. The standard InChI is InChI=1S/C27H32FNO3/c1-19-8-10-22(32-23-12-15-29(18-23)14-5-13-28)17-26(19)25-7-4-3-6-20-16-21(27(30)31-2)9-11-24(20)25/h7-11,16-17,23H,3-6,12-15,18H2,1-2H3/t23-/m1/s1. The zero-order valence-electron chi connectivity index (χ0n) is 19.0. The third-order valence-corrected chi connectivity index (χ3v) is 6.45. The minimum Gasteiger partial charge on any atom is -0.489 e. The quantitative estimate of drug-likeness (QED) is 0.547. The van der Waals surface area contributed by atoms with Crippen molar-refractivity contribution >= 4 is 11.5 Å². The predicted octanol–water partition coefficient (Wildman–Crippen LogP) is 5.36. The summed E-state index contributed by atoms with van der Waals surface area (Å²) in [5.41, 5.74) is 6.52. The van der Waals surface area contributed by atoms with E-state index in [4.69, 9.17) is 9.47 Å². The Kier molecular flexibility index (Phi) is 7.26. The van der Waals surface area contributed by atoms with Gasteiger partial charge in [-0.15, -0.1) is 0 Å². The fraction of sp³-hybridized carbons (Fsp3) is 0.444. The number of carbonyl (C=O) groups excluding carboxylic acids is 1. The topological polar surface area (TPSA) is 38.8 Å². The fourth-order valence-corrected chi connectivity index (χ4v) is 4.75. The molecule has 1 saturated heterocycles. The lowest BCUT2D eigenvalue weighted by molar-refractivity contribution is 0.0600. The molecule has 0 N–H and O–H groups in total. The highest BCUT2D eigenvalue weighted by Gasteiger charge is 2.24. The number of nitrogens with zero attached hydrogens (tertiary/aromatic N) is 1. The normalized spacial score (nSPS) is 18.6. The van der Waals surface area contributed by atoms with Gasteiger partial charge in [-0.3, -0.25) is 9.29 Å². The van der Waals surface area contributed by atoms with Gasteiger partial charge in [-0.1, -0.05) is 18.2 Å². The second-order valence-electron chi connectivity index (χ2n) is 8.72. The number of alkyl halides is 1. The largest absolute Gasteiger partial charge is 0.489 e. The van der Waals surface area contributed by atoms with Crippen molar-refractivity contribution < 1.29 is 18.7 Å². The van der Waals surface area contributed by atoms with Crippen LogP contribution in [0.2, 0.25) is 0 Å². The molecule has 5 heteroatoms. The van der Waals surface area contributed by atoms with Crippen molar-refractivity contribution in [3.8, 4) is 5.75 Å². The summed E-state index contributed by atoms with van der Waals surface area (Å²) in [6.45, 7) is 4.48. The summed E-state index contributed by atoms with van der Waals surface area (Å²) in [6.07, 6.45) is 6.99. The van der Waals surface area contributed by atoms with Crippen LogP contribution >= 0.6 is 0 Å². The average molecular weight is 438 g/mol. The van der Waals surface area contributed by atoms with Crippen LogP contribution in [0.1, 0.15) is 58.3 Å². The molecule has 0 spiro atoms. The van der Waals surface area contributed by atoms with Crippen molar-refractivity contribution in [3.05, 3.63) is 70.3 Å². The number of methoxy groups -OCH3 is 1. The number of allylic oxidation sites excluding steroid dienone is 1. The van der Waals surface area contributed by atoms with E-state index in [1.165, 1.54) is 34.9 Å². The lowest BCUT2D eigenvalue weighted by Gasteiger charge is -2.19. The van der Waals surface area contributed by atoms with Crippen LogP contribution in [0.3, 0.4) is 0 Å². The van der Waals surface area contributed by atoms with Gasteiger partial charge in [-0.2, -0.15) is 0 Å². The Hall–Kier alpha value is -2.66. The number of benzene rings is 2. The number of carbonyl (C=O) groups is 1. The SMILES string of the molecule is COC(=O)c1ccc2c(c1)CCCC=C2c1cc(O[C@@H]2CCN(CCCF)C2)ccc1C. The Morgan fingerprint density at radius 3 is 2.88 bits per heavy atom. The molecule has 32 heavy (non-hydrogen) atoms. The molecule has 1 atom stereocenters. The van der Waals surface area contributed by atoms with Gasteiger partial charge in [-0.05, 0) is 91.1 Å². The van der Waals surface area contributed by atoms with Crippen LogP contribution in [0, 0.1) is 6.92 Å². The summed E-state index contributed by atoms with van der Waals surface area (Å²) >= 11 is 0. The maximum absolute atomic E-state index is 12.5. The summed E-state index contributed by atoms with van der Waals surface area (Å²) in [5.74, 6) is 0.576. The average Bonchev–Trinajstić information content (AvgIpc) is 3.15. The Labute approximate surface area is 190 Å². The Balaban J connectivity index is 1.58. The molecule has 0 bridgehead atoms. The first-order chi connectivity index (χ1) is 15.6. The van der Waals surface area contributed by atoms with Crippen molar-refractivity contribution in [2.24, 2.45) is 0 Å². The van der Waals surface area contributed by atoms with Crippen LogP contribution in [0.5, 0.6) is 5.75 Å². The molecule has 0 radical (unpaired) electrons. The third kappa shape index (κ3) is 5.04. The number of aryl methyl sites for hydroxylation is 2. The Morgan fingerprint density at radius 1 is 1.19 bits per heavy atom. The van der Waals surface area contributed by atoms with Crippen molar-refractivity contribution in [1.82, 2.24) is 4.90 Å². The van der Waals surface area contributed by atoms with E-state index in [0.717, 1.165) is 51.1 Å². The van der Waals surface area contributed by atoms with Gasteiger partial charge in [0, 0.05) is 19.6 Å². The maximum Gasteiger partial charge on any atom is 0.337 e. The summed E-state index contributed by atoms with van der Waals surface area (Å²) in [5, 5.41) is 0. The molecule has 1 aliphatic heterocycles. The van der Waals surface area contributed by atoms with Crippen LogP contribution in [-0.2, 0) is 11.2 Å². The first-order valence-electron chi connectivity index (χ1n) is 11.6. The number of rotatable bonds is 7. The molecule has 4 rings (SSSR count). The molecule has 0 aromatic heterocycles. The smallest absolute Gasteiger partial charge is 0.337 e. The van der Waals surface area contributed by atoms with Gasteiger partial charge < -0.3 is 9.47 Å². The fourth-order valence-electron chi connectivity index (χ4n) is 4.75. The summed E-state index contributed by atoms with van der Waals surface area (Å²) in [4.78, 5) is 14.3. The van der Waals surface area contributed by atoms with Gasteiger partial charge in [0.15, 0.2) is 0 Å². The van der Waals surface area contributed by atoms with E-state index in [0.29, 0.717) is 12.0 Å². The van der Waals surface area contributed by atoms with Crippen molar-refractivity contribution in [2.45, 2.75) is 45.1 Å². The zero-order chi connectivity index (χ0) is 22.5. The molecule has 170 valence electrons. The highest BCUT2D eigenvalue weighted by Crippen LogP contribution is 2.35. The van der Waals surface area contributed by atoms with Gasteiger partial charge in [0.2, 0.25) is 0 Å². The second kappa shape index (κ2) is 10.3. The van der Waals surface area contributed by atoms with E-state index in [-0.39, 0.29) is 18.7 Å². The molecule has 1 heterocycles. The lowest BCUT2D eigenvalue weighted by Crippen LogP contribution is -2.26. The number of hydrogen-bond donors (Lipinski definition) is 0. The van der Waals surface area contributed by atoms with E-state index >= 15 is 0 Å². The zero-order valence-corrected chi connectivity index (χ0v) is 19.0. The molecule has 0 saturated carbocycles. The molecule has 1 aliphatic carbocycles. The number of ether oxygens (including phenoxy) is 2. The van der Waals surface area contributed by atoms with Gasteiger partial charge in [0.25, 0.3) is 0 Å². The maximum atomic E-state index is 12.5. The number of fused-ring (bicyclic) bond motifs is 1. The Morgan fingerprint density at radius 2 is 2.06 bits per heavy atom. The van der Waals surface area contributed by atoms with Gasteiger partial charge in [0.05, 0.1) is 19.3 Å². The van der Waals surface area contributed by atoms with E-state index in [1.807, 2.05) is 24.3 Å². The minimum absolute atomic E-state index is 0.142. The monoisotopic (exact) mass is 437 g/mol. The van der Waals surface area contributed by atoms with Crippen molar-refractivity contribution in [2.75, 3.05) is 33.4 Å². The molecule has 4 nitrogen and oxygen atoms in total. The van der Waals surface area contributed by atoms with Crippen molar-refractivity contribution in [3.63, 3.8) is 0 Å². The van der Waals surface area contributed by atoms with E-state index in [2.05, 4.69) is 30.0 Å². The van der Waals surface area contributed by atoms with Gasteiger partial charge >= 0.3 is 5.97 Å². The molecule has 2 aliphatic rings. The number of esters is 1. The minimum atomic E-state index is -0.300. The number of likely N-dealkylation sites (tertiary alicyclic amines) is 1. The van der Waals surface area contributed by atoms with E-state index < -0.39 is 0 Å². The first-order valence-corrected chi connectivity index (χ1v) is 11.6. The second-order valence-corrected chi connectivity index (χ2v) is 8.72. The lowest BCUT2D eigenvalue weighted by atomic mass is 9.90. The highest BCUT2D eigenvalue weighted by molar-refractivity contribution is 5.91. The third-order valence-electron chi connectivity index (χ3n) is 6.45. The summed E-state index contributed by atoms with van der Waals surface area (Å²) in [6, 6.07) is 12.2. The first kappa shape index (κ1) is 22.5. The molecular formula is C27H32FNO3. The van der Waals surface area contributed by atoms with Crippen LogP contribution in [-0.4, -0.2) is 50.4 Å². The highest BCUT2D eigenvalue weighted by atomic mass is 19.1. The van der Waals surface area contributed by atoms with E-state index in [9.17, 15) is 9.18 Å². The van der Waals surface area contributed by atoms with E-state index in [1.54, 1.807) is 0 Å². The van der Waals surface area contributed by atoms with Crippen LogP contribution in [0.15, 0.2) is 42.5 Å². The molecular weight excluding hydrogens is 405 g/mol.